The standard InChI is InChI=1S/C13H12N/c1-11-7-9-13(10-8-11)14-12-5-3-2-4-6-12/h3-10,14H,1H3. The molecule has 1 N–H and O–H groups in total. The molecular weight excluding hydrogens is 170 g/mol. The lowest BCUT2D eigenvalue weighted by atomic mass is 10.2. The van der Waals surface area contributed by atoms with Crippen molar-refractivity contribution in [1.82, 2.24) is 0 Å². The van der Waals surface area contributed by atoms with E-state index in [4.69, 9.17) is 0 Å². The molecule has 0 aliphatic carbocycles. The Bertz CT molecular complexity index is 389. The van der Waals surface area contributed by atoms with Crippen molar-refractivity contribution >= 4 is 11.4 Å². The molecule has 1 radical (unpaired) electrons. The number of rotatable bonds is 2. The zero-order valence-electron chi connectivity index (χ0n) is 8.12. The Balaban J connectivity index is 2.16. The Morgan fingerprint density at radius 2 is 1.43 bits per heavy atom. The predicted octanol–water partition coefficient (Wildman–Crippen LogP) is 3.54. The van der Waals surface area contributed by atoms with Gasteiger partial charge in [0, 0.05) is 11.4 Å². The Morgan fingerprint density at radius 1 is 0.857 bits per heavy atom. The van der Waals surface area contributed by atoms with Gasteiger partial charge in [-0.3, -0.25) is 0 Å². The van der Waals surface area contributed by atoms with Gasteiger partial charge in [-0.05, 0) is 37.3 Å². The maximum Gasteiger partial charge on any atom is 0.0384 e. The van der Waals surface area contributed by atoms with Gasteiger partial charge in [-0.2, -0.15) is 0 Å². The molecule has 0 saturated carbocycles. The van der Waals surface area contributed by atoms with Crippen molar-refractivity contribution in [2.75, 3.05) is 5.32 Å². The van der Waals surface area contributed by atoms with Gasteiger partial charge in [0.1, 0.15) is 0 Å². The summed E-state index contributed by atoms with van der Waals surface area (Å²) in [6.45, 7) is 2.08. The lowest BCUT2D eigenvalue weighted by Gasteiger charge is -2.05. The van der Waals surface area contributed by atoms with E-state index in [0.29, 0.717) is 0 Å². The predicted molar refractivity (Wildman–Crippen MR) is 59.7 cm³/mol. The maximum atomic E-state index is 3.31. The first kappa shape index (κ1) is 8.82. The lowest BCUT2D eigenvalue weighted by molar-refractivity contribution is 1.45. The molecule has 0 spiro atoms. The first-order chi connectivity index (χ1) is 6.84. The van der Waals surface area contributed by atoms with Crippen LogP contribution in [0.2, 0.25) is 0 Å². The van der Waals surface area contributed by atoms with E-state index < -0.39 is 0 Å². The van der Waals surface area contributed by atoms with Gasteiger partial charge in [-0.25, -0.2) is 0 Å². The highest BCUT2D eigenvalue weighted by Gasteiger charge is 1.92. The summed E-state index contributed by atoms with van der Waals surface area (Å²) in [5, 5.41) is 3.31. The smallest absolute Gasteiger partial charge is 0.0384 e. The van der Waals surface area contributed by atoms with Crippen LogP contribution in [0.5, 0.6) is 0 Å². The molecule has 69 valence electrons. The molecular formula is C13H12N. The zero-order valence-corrected chi connectivity index (χ0v) is 8.12. The van der Waals surface area contributed by atoms with Crippen LogP contribution in [0.25, 0.3) is 0 Å². The number of hydrogen-bond donors (Lipinski definition) is 1. The molecule has 1 heteroatoms. The van der Waals surface area contributed by atoms with Crippen LogP contribution in [0.4, 0.5) is 11.4 Å². The van der Waals surface area contributed by atoms with Crippen LogP contribution in [-0.2, 0) is 0 Å². The van der Waals surface area contributed by atoms with Gasteiger partial charge in [0.25, 0.3) is 0 Å². The van der Waals surface area contributed by atoms with E-state index in [1.54, 1.807) is 0 Å². The summed E-state index contributed by atoms with van der Waals surface area (Å²) in [7, 11) is 0. The molecule has 1 nitrogen and oxygen atoms in total. The van der Waals surface area contributed by atoms with Crippen LogP contribution < -0.4 is 5.32 Å². The minimum Gasteiger partial charge on any atom is -0.356 e. The molecule has 0 aliphatic rings. The fraction of sp³-hybridized carbons (Fsp3) is 0.0769. The Kier molecular flexibility index (Phi) is 2.50. The van der Waals surface area contributed by atoms with Gasteiger partial charge < -0.3 is 5.32 Å². The van der Waals surface area contributed by atoms with Crippen LogP contribution in [-0.4, -0.2) is 0 Å². The van der Waals surface area contributed by atoms with Crippen LogP contribution in [0, 0.1) is 13.0 Å². The van der Waals surface area contributed by atoms with Gasteiger partial charge in [0.2, 0.25) is 0 Å². The summed E-state index contributed by atoms with van der Waals surface area (Å²) in [5.74, 6) is 0. The second kappa shape index (κ2) is 3.97. The van der Waals surface area contributed by atoms with E-state index in [9.17, 15) is 0 Å². The third-order valence-electron chi connectivity index (χ3n) is 2.06. The summed E-state index contributed by atoms with van der Waals surface area (Å²) >= 11 is 0. The average Bonchev–Trinajstić information content (AvgIpc) is 2.23. The SMILES string of the molecule is Cc1ccc(Nc2cc[c]cc2)cc1. The van der Waals surface area contributed by atoms with Crippen LogP contribution in [0.3, 0.4) is 0 Å². The number of hydrogen-bond acceptors (Lipinski definition) is 1. The van der Waals surface area contributed by atoms with Crippen molar-refractivity contribution < 1.29 is 0 Å². The lowest BCUT2D eigenvalue weighted by Crippen LogP contribution is -1.88. The largest absolute Gasteiger partial charge is 0.356 e. The number of aryl methyl sites for hydroxylation is 1. The molecule has 0 aliphatic heterocycles. The molecule has 2 rings (SSSR count). The quantitative estimate of drug-likeness (QED) is 0.749. The number of benzene rings is 2. The molecule has 0 bridgehead atoms. The van der Waals surface area contributed by atoms with Crippen LogP contribution in [0.15, 0.2) is 48.5 Å². The summed E-state index contributed by atoms with van der Waals surface area (Å²) in [6, 6.07) is 19.1. The van der Waals surface area contributed by atoms with E-state index in [0.717, 1.165) is 11.4 Å². The summed E-state index contributed by atoms with van der Waals surface area (Å²) < 4.78 is 0. The van der Waals surface area contributed by atoms with Crippen molar-refractivity contribution in [3.8, 4) is 0 Å². The second-order valence-electron chi connectivity index (χ2n) is 3.28. The van der Waals surface area contributed by atoms with E-state index >= 15 is 0 Å². The summed E-state index contributed by atoms with van der Waals surface area (Å²) in [6.07, 6.45) is 0. The number of nitrogens with one attached hydrogen (secondary N) is 1. The minimum atomic E-state index is 1.09. The fourth-order valence-electron chi connectivity index (χ4n) is 1.27. The fourth-order valence-corrected chi connectivity index (χ4v) is 1.27. The third kappa shape index (κ3) is 2.13. The molecule has 0 amide bonds. The molecule has 0 unspecified atom stereocenters. The molecule has 0 saturated heterocycles. The van der Waals surface area contributed by atoms with Gasteiger partial charge in [0.05, 0.1) is 0 Å². The van der Waals surface area contributed by atoms with E-state index in [-0.39, 0.29) is 0 Å². The van der Waals surface area contributed by atoms with E-state index in [1.807, 2.05) is 24.3 Å². The second-order valence-corrected chi connectivity index (χ2v) is 3.28. The molecule has 0 fully saturated rings. The van der Waals surface area contributed by atoms with Crippen molar-refractivity contribution in [2.45, 2.75) is 6.92 Å². The zero-order chi connectivity index (χ0) is 9.80. The average molecular weight is 182 g/mol. The molecule has 0 aromatic heterocycles. The minimum absolute atomic E-state index is 1.09. The molecule has 0 atom stereocenters. The van der Waals surface area contributed by atoms with Gasteiger partial charge in [-0.1, -0.05) is 29.8 Å². The van der Waals surface area contributed by atoms with Gasteiger partial charge in [-0.15, -0.1) is 0 Å². The Morgan fingerprint density at radius 3 is 2.07 bits per heavy atom. The molecule has 2 aromatic carbocycles. The maximum absolute atomic E-state index is 3.31. The van der Waals surface area contributed by atoms with Crippen molar-refractivity contribution in [3.63, 3.8) is 0 Å². The van der Waals surface area contributed by atoms with Crippen molar-refractivity contribution in [2.24, 2.45) is 0 Å². The van der Waals surface area contributed by atoms with Crippen LogP contribution >= 0.6 is 0 Å². The summed E-state index contributed by atoms with van der Waals surface area (Å²) in [4.78, 5) is 0. The Labute approximate surface area is 84.4 Å². The normalized spacial score (nSPS) is 9.79. The monoisotopic (exact) mass is 182 g/mol. The third-order valence-corrected chi connectivity index (χ3v) is 2.06. The molecule has 2 aromatic rings. The first-order valence-corrected chi connectivity index (χ1v) is 4.64. The highest BCUT2D eigenvalue weighted by molar-refractivity contribution is 5.59. The molecule has 0 heterocycles. The van der Waals surface area contributed by atoms with Gasteiger partial charge in [0.15, 0.2) is 0 Å². The van der Waals surface area contributed by atoms with E-state index in [1.165, 1.54) is 5.56 Å². The molecule has 14 heavy (non-hydrogen) atoms. The van der Waals surface area contributed by atoms with Crippen molar-refractivity contribution in [3.05, 3.63) is 60.2 Å². The highest BCUT2D eigenvalue weighted by Crippen LogP contribution is 2.15. The summed E-state index contributed by atoms with van der Waals surface area (Å²) in [5.41, 5.74) is 3.48. The van der Waals surface area contributed by atoms with E-state index in [2.05, 4.69) is 42.6 Å². The Hall–Kier alpha value is -1.76. The van der Waals surface area contributed by atoms with Crippen LogP contribution in [0.1, 0.15) is 5.56 Å². The van der Waals surface area contributed by atoms with Crippen molar-refractivity contribution in [1.29, 1.82) is 0 Å². The number of anilines is 2. The highest BCUT2D eigenvalue weighted by atomic mass is 14.9. The topological polar surface area (TPSA) is 12.0 Å². The van der Waals surface area contributed by atoms with Gasteiger partial charge >= 0.3 is 0 Å². The first-order valence-electron chi connectivity index (χ1n) is 4.64.